The van der Waals surface area contributed by atoms with E-state index in [4.69, 9.17) is 9.47 Å². The molecule has 2 atom stereocenters. The largest absolute Gasteiger partial charge is 0.497 e. The lowest BCUT2D eigenvalue weighted by molar-refractivity contribution is -0.143. The second-order valence-corrected chi connectivity index (χ2v) is 9.41. The van der Waals surface area contributed by atoms with Crippen LogP contribution in [0.3, 0.4) is 0 Å². The maximum absolute atomic E-state index is 13.7. The van der Waals surface area contributed by atoms with Crippen LogP contribution in [0.15, 0.2) is 48.5 Å². The zero-order chi connectivity index (χ0) is 20.1. The van der Waals surface area contributed by atoms with Gasteiger partial charge < -0.3 is 14.8 Å². The van der Waals surface area contributed by atoms with Crippen molar-refractivity contribution in [2.24, 2.45) is 17.3 Å². The highest BCUT2D eigenvalue weighted by Crippen LogP contribution is 2.66. The Kier molecular flexibility index (Phi) is 4.34. The molecule has 29 heavy (non-hydrogen) atoms. The molecule has 4 aliphatic rings. The fourth-order valence-corrected chi connectivity index (χ4v) is 6.81. The van der Waals surface area contributed by atoms with E-state index in [2.05, 4.69) is 35.6 Å². The minimum Gasteiger partial charge on any atom is -0.497 e. The van der Waals surface area contributed by atoms with Gasteiger partial charge in [-0.15, -0.1) is 0 Å². The summed E-state index contributed by atoms with van der Waals surface area (Å²) >= 11 is 0. The zero-order valence-corrected chi connectivity index (χ0v) is 17.2. The number of carbonyl (C=O) groups excluding carboxylic acids is 1. The van der Waals surface area contributed by atoms with E-state index < -0.39 is 0 Å². The van der Waals surface area contributed by atoms with E-state index in [1.54, 1.807) is 14.2 Å². The molecule has 0 unspecified atom stereocenters. The predicted molar refractivity (Wildman–Crippen MR) is 113 cm³/mol. The summed E-state index contributed by atoms with van der Waals surface area (Å²) in [6.45, 7) is 0. The number of rotatable bonds is 5. The third-order valence-corrected chi connectivity index (χ3v) is 7.59. The van der Waals surface area contributed by atoms with Crippen LogP contribution in [-0.4, -0.2) is 20.1 Å². The summed E-state index contributed by atoms with van der Waals surface area (Å²) in [6, 6.07) is 16.5. The second kappa shape index (κ2) is 6.79. The van der Waals surface area contributed by atoms with E-state index in [-0.39, 0.29) is 16.7 Å². The van der Waals surface area contributed by atoms with E-state index in [1.807, 2.05) is 18.2 Å². The zero-order valence-electron chi connectivity index (χ0n) is 17.2. The van der Waals surface area contributed by atoms with Gasteiger partial charge in [0.15, 0.2) is 0 Å². The minimum atomic E-state index is -0.273. The van der Waals surface area contributed by atoms with Gasteiger partial charge in [-0.3, -0.25) is 4.79 Å². The van der Waals surface area contributed by atoms with Crippen LogP contribution < -0.4 is 14.8 Å². The third kappa shape index (κ3) is 3.00. The Morgan fingerprint density at radius 3 is 2.34 bits per heavy atom. The summed E-state index contributed by atoms with van der Waals surface area (Å²) in [5, 5.41) is 3.22. The summed E-state index contributed by atoms with van der Waals surface area (Å²) in [4.78, 5) is 13.7. The van der Waals surface area contributed by atoms with Crippen molar-refractivity contribution in [2.45, 2.75) is 43.9 Å². The Labute approximate surface area is 172 Å². The summed E-state index contributed by atoms with van der Waals surface area (Å²) in [5.74, 6) is 2.83. The van der Waals surface area contributed by atoms with E-state index in [0.717, 1.165) is 30.7 Å². The van der Waals surface area contributed by atoms with Crippen molar-refractivity contribution in [3.63, 3.8) is 0 Å². The van der Waals surface area contributed by atoms with Crippen molar-refractivity contribution >= 4 is 11.6 Å². The van der Waals surface area contributed by atoms with Gasteiger partial charge in [-0.1, -0.05) is 30.3 Å². The second-order valence-electron chi connectivity index (χ2n) is 9.41. The van der Waals surface area contributed by atoms with Crippen LogP contribution in [-0.2, 0) is 10.2 Å². The van der Waals surface area contributed by atoms with Crippen molar-refractivity contribution in [3.8, 4) is 11.5 Å². The van der Waals surface area contributed by atoms with Gasteiger partial charge in [-0.25, -0.2) is 0 Å². The molecule has 0 spiro atoms. The Morgan fingerprint density at radius 1 is 0.966 bits per heavy atom. The maximum Gasteiger partial charge on any atom is 0.230 e. The molecule has 4 bridgehead atoms. The molecule has 6 rings (SSSR count). The molecule has 4 aliphatic carbocycles. The highest BCUT2D eigenvalue weighted by Gasteiger charge is 2.60. The van der Waals surface area contributed by atoms with Gasteiger partial charge in [0, 0.05) is 6.07 Å². The highest BCUT2D eigenvalue weighted by molar-refractivity contribution is 5.97. The van der Waals surface area contributed by atoms with Crippen molar-refractivity contribution in [3.05, 3.63) is 54.1 Å². The van der Waals surface area contributed by atoms with Gasteiger partial charge in [0.1, 0.15) is 11.5 Å². The molecule has 2 aromatic carbocycles. The lowest BCUT2D eigenvalue weighted by Gasteiger charge is -2.61. The van der Waals surface area contributed by atoms with Crippen molar-refractivity contribution in [1.82, 2.24) is 0 Å². The van der Waals surface area contributed by atoms with Crippen LogP contribution in [0.5, 0.6) is 11.5 Å². The van der Waals surface area contributed by atoms with Crippen LogP contribution in [0.1, 0.15) is 44.1 Å². The number of hydrogen-bond donors (Lipinski definition) is 1. The number of benzene rings is 2. The summed E-state index contributed by atoms with van der Waals surface area (Å²) in [6.07, 6.45) is 6.74. The fraction of sp³-hybridized carbons (Fsp3) is 0.480. The number of amides is 1. The number of ether oxygens (including phenoxy) is 2. The molecule has 0 aliphatic heterocycles. The number of anilines is 1. The first-order chi connectivity index (χ1) is 14.1. The number of methoxy groups -OCH3 is 2. The summed E-state index contributed by atoms with van der Waals surface area (Å²) < 4.78 is 10.8. The molecule has 0 heterocycles. The molecular weight excluding hydrogens is 362 g/mol. The molecule has 4 fully saturated rings. The van der Waals surface area contributed by atoms with Gasteiger partial charge in [-0.05, 0) is 73.5 Å². The van der Waals surface area contributed by atoms with Gasteiger partial charge in [0.2, 0.25) is 5.91 Å². The van der Waals surface area contributed by atoms with Gasteiger partial charge >= 0.3 is 0 Å². The number of carbonyl (C=O) groups is 1. The molecule has 152 valence electrons. The summed E-state index contributed by atoms with van der Waals surface area (Å²) in [7, 11) is 3.25. The lowest BCUT2D eigenvalue weighted by Crippen LogP contribution is -2.57. The number of nitrogens with one attached hydrogen (secondary N) is 1. The standard InChI is InChI=1S/C25H29NO3/c1-28-20-8-9-21(22(11-20)29-2)26-23(27)25-14-17-10-18(15-25)13-24(12-17,16-25)19-6-4-3-5-7-19/h3-9,11,17-18H,10,12-16H2,1-2H3,(H,26,27)/t17-,18-,24?,25?/m1/s1. The minimum absolute atomic E-state index is 0.159. The summed E-state index contributed by atoms with van der Waals surface area (Å²) in [5.41, 5.74) is 2.04. The quantitative estimate of drug-likeness (QED) is 0.764. The first-order valence-electron chi connectivity index (χ1n) is 10.6. The van der Waals surface area contributed by atoms with Crippen LogP contribution in [0.4, 0.5) is 5.69 Å². The molecule has 0 saturated heterocycles. The first kappa shape index (κ1) is 18.5. The lowest BCUT2D eigenvalue weighted by atomic mass is 9.42. The SMILES string of the molecule is COc1ccc(NC(=O)C23C[C@@H]4C[C@@H](C2)CC(c2ccccc2)(C4)C3)c(OC)c1. The van der Waals surface area contributed by atoms with Crippen LogP contribution in [0.25, 0.3) is 0 Å². The Balaban J connectivity index is 1.46. The van der Waals surface area contributed by atoms with Gasteiger partial charge in [0.05, 0.1) is 25.3 Å². The van der Waals surface area contributed by atoms with Crippen molar-refractivity contribution < 1.29 is 14.3 Å². The van der Waals surface area contributed by atoms with Crippen LogP contribution >= 0.6 is 0 Å². The third-order valence-electron chi connectivity index (χ3n) is 7.59. The van der Waals surface area contributed by atoms with E-state index in [9.17, 15) is 4.79 Å². The fourth-order valence-electron chi connectivity index (χ4n) is 6.81. The Morgan fingerprint density at radius 2 is 1.69 bits per heavy atom. The van der Waals surface area contributed by atoms with Crippen LogP contribution in [0, 0.1) is 17.3 Å². The monoisotopic (exact) mass is 391 g/mol. The first-order valence-corrected chi connectivity index (χ1v) is 10.6. The van der Waals surface area contributed by atoms with E-state index >= 15 is 0 Å². The van der Waals surface area contributed by atoms with Crippen LogP contribution in [0.2, 0.25) is 0 Å². The molecule has 4 saturated carbocycles. The Bertz CT molecular complexity index is 909. The van der Waals surface area contributed by atoms with E-state index in [0.29, 0.717) is 17.6 Å². The number of hydrogen-bond acceptors (Lipinski definition) is 3. The average molecular weight is 392 g/mol. The average Bonchev–Trinajstić information content (AvgIpc) is 2.73. The molecule has 0 radical (unpaired) electrons. The smallest absolute Gasteiger partial charge is 0.230 e. The maximum atomic E-state index is 13.7. The molecule has 4 nitrogen and oxygen atoms in total. The normalized spacial score (nSPS) is 32.1. The Hall–Kier alpha value is -2.49. The molecule has 2 aromatic rings. The molecule has 1 N–H and O–H groups in total. The van der Waals surface area contributed by atoms with E-state index in [1.165, 1.54) is 24.8 Å². The van der Waals surface area contributed by atoms with Crippen molar-refractivity contribution in [2.75, 3.05) is 19.5 Å². The van der Waals surface area contributed by atoms with Gasteiger partial charge in [-0.2, -0.15) is 0 Å². The molecular formula is C25H29NO3. The molecule has 1 amide bonds. The molecule has 0 aromatic heterocycles. The molecule has 4 heteroatoms. The topological polar surface area (TPSA) is 47.6 Å². The highest BCUT2D eigenvalue weighted by atomic mass is 16.5. The van der Waals surface area contributed by atoms with Crippen molar-refractivity contribution in [1.29, 1.82) is 0 Å². The predicted octanol–water partition coefficient (Wildman–Crippen LogP) is 5.18. The van der Waals surface area contributed by atoms with Gasteiger partial charge in [0.25, 0.3) is 0 Å².